The van der Waals surface area contributed by atoms with Gasteiger partial charge in [0.15, 0.2) is 0 Å². The van der Waals surface area contributed by atoms with Crippen molar-refractivity contribution < 1.29 is 34.1 Å². The van der Waals surface area contributed by atoms with Crippen LogP contribution < -0.4 is 19.7 Å². The Kier molecular flexibility index (Phi) is 5.75. The number of nitrogens with zero attached hydrogens (tertiary/aromatic N) is 1. The first-order valence-corrected chi connectivity index (χ1v) is 10.7. The molecule has 2 aromatic rings. The molecule has 0 aliphatic carbocycles. The third-order valence-corrected chi connectivity index (χ3v) is 6.58. The maximum absolute atomic E-state index is 13.6. The lowest BCUT2D eigenvalue weighted by Crippen LogP contribution is -2.55. The van der Waals surface area contributed by atoms with E-state index >= 15 is 0 Å². The summed E-state index contributed by atoms with van der Waals surface area (Å²) < 4.78 is 10.3. The Labute approximate surface area is 190 Å². The van der Waals surface area contributed by atoms with E-state index in [4.69, 9.17) is 9.47 Å². The molecular weight excluding hydrogens is 428 g/mol. The van der Waals surface area contributed by atoms with E-state index in [1.807, 2.05) is 6.92 Å². The molecule has 0 radical (unpaired) electrons. The molecule has 4 rings (SSSR count). The summed E-state index contributed by atoms with van der Waals surface area (Å²) in [5.74, 6) is -3.59. The molecule has 3 N–H and O–H groups in total. The number of hydrogen-bond donors (Lipinski definition) is 3. The highest BCUT2D eigenvalue weighted by Crippen LogP contribution is 2.52. The van der Waals surface area contributed by atoms with E-state index in [9.17, 15) is 24.6 Å². The predicted octanol–water partition coefficient (Wildman–Crippen LogP) is 2.48. The maximum Gasteiger partial charge on any atom is 0.324 e. The number of nitrogens with one attached hydrogen (secondary N) is 1. The minimum atomic E-state index is -1.65. The summed E-state index contributed by atoms with van der Waals surface area (Å²) >= 11 is 0. The number of phenolic OH excluding ortho intramolecular Hbond substituents is 1. The Morgan fingerprint density at radius 2 is 1.70 bits per heavy atom. The van der Waals surface area contributed by atoms with Crippen LogP contribution in [0.1, 0.15) is 31.4 Å². The van der Waals surface area contributed by atoms with Crippen molar-refractivity contribution in [1.82, 2.24) is 5.32 Å². The second kappa shape index (κ2) is 8.40. The van der Waals surface area contributed by atoms with Gasteiger partial charge in [0.05, 0.1) is 31.7 Å². The molecule has 33 heavy (non-hydrogen) atoms. The largest absolute Gasteiger partial charge is 0.507 e. The molecule has 2 aliphatic heterocycles. The van der Waals surface area contributed by atoms with Gasteiger partial charge in [0.1, 0.15) is 22.8 Å². The molecule has 2 aliphatic rings. The fourth-order valence-electron chi connectivity index (χ4n) is 5.10. The maximum atomic E-state index is 13.6. The summed E-state index contributed by atoms with van der Waals surface area (Å²) in [5, 5.41) is 24.0. The van der Waals surface area contributed by atoms with Gasteiger partial charge in [-0.3, -0.25) is 19.7 Å². The summed E-state index contributed by atoms with van der Waals surface area (Å²) in [4.78, 5) is 40.8. The predicted molar refractivity (Wildman–Crippen MR) is 118 cm³/mol. The quantitative estimate of drug-likeness (QED) is 0.545. The third kappa shape index (κ3) is 3.39. The molecule has 9 heteroatoms. The molecule has 0 spiro atoms. The van der Waals surface area contributed by atoms with E-state index in [0.717, 1.165) is 4.90 Å². The van der Waals surface area contributed by atoms with Crippen molar-refractivity contribution in [2.24, 2.45) is 11.8 Å². The SMILES string of the molecule is CCC[C@@]1(C(=O)O)N[C@@H](c2ccc(OC)cc2O)[C@H]2C(=O)N(c3ccc(OC)cc3)C(=O)[C@H]21. The fraction of sp³-hybridized carbons (Fsp3) is 0.375. The van der Waals surface area contributed by atoms with Gasteiger partial charge in [-0.15, -0.1) is 0 Å². The van der Waals surface area contributed by atoms with E-state index < -0.39 is 41.2 Å². The van der Waals surface area contributed by atoms with Crippen LogP contribution in [0.4, 0.5) is 5.69 Å². The van der Waals surface area contributed by atoms with Gasteiger partial charge in [-0.25, -0.2) is 4.90 Å². The van der Waals surface area contributed by atoms with Gasteiger partial charge in [0.2, 0.25) is 11.8 Å². The minimum Gasteiger partial charge on any atom is -0.507 e. The van der Waals surface area contributed by atoms with Crippen LogP contribution in [-0.2, 0) is 14.4 Å². The zero-order valence-electron chi connectivity index (χ0n) is 18.6. The van der Waals surface area contributed by atoms with Crippen molar-refractivity contribution in [3.8, 4) is 17.2 Å². The van der Waals surface area contributed by atoms with Gasteiger partial charge in [0, 0.05) is 17.7 Å². The van der Waals surface area contributed by atoms with E-state index in [2.05, 4.69) is 5.32 Å². The first kappa shape index (κ1) is 22.6. The topological polar surface area (TPSA) is 125 Å². The van der Waals surface area contributed by atoms with Gasteiger partial charge in [0.25, 0.3) is 0 Å². The van der Waals surface area contributed by atoms with Crippen LogP contribution in [0.5, 0.6) is 17.2 Å². The zero-order chi connectivity index (χ0) is 23.9. The molecule has 0 aromatic heterocycles. The van der Waals surface area contributed by atoms with Crippen molar-refractivity contribution in [3.63, 3.8) is 0 Å². The van der Waals surface area contributed by atoms with Crippen molar-refractivity contribution in [1.29, 1.82) is 0 Å². The van der Waals surface area contributed by atoms with Crippen molar-refractivity contribution in [2.45, 2.75) is 31.3 Å². The molecular formula is C24H26N2O7. The molecule has 2 aromatic carbocycles. The smallest absolute Gasteiger partial charge is 0.324 e. The second-order valence-electron chi connectivity index (χ2n) is 8.29. The summed E-state index contributed by atoms with van der Waals surface area (Å²) in [5.41, 5.74) is -0.971. The number of aliphatic carboxylic acids is 1. The number of anilines is 1. The van der Waals surface area contributed by atoms with E-state index in [1.54, 1.807) is 36.4 Å². The average Bonchev–Trinajstić information content (AvgIpc) is 3.28. The number of amides is 2. The normalized spacial score (nSPS) is 26.4. The Morgan fingerprint density at radius 1 is 1.06 bits per heavy atom. The summed E-state index contributed by atoms with van der Waals surface area (Å²) in [6.45, 7) is 1.82. The highest BCUT2D eigenvalue weighted by molar-refractivity contribution is 6.24. The van der Waals surface area contributed by atoms with Gasteiger partial charge >= 0.3 is 5.97 Å². The lowest BCUT2D eigenvalue weighted by atomic mass is 9.77. The lowest BCUT2D eigenvalue weighted by Gasteiger charge is -2.31. The van der Waals surface area contributed by atoms with Crippen molar-refractivity contribution in [3.05, 3.63) is 48.0 Å². The summed E-state index contributed by atoms with van der Waals surface area (Å²) in [7, 11) is 2.97. The van der Waals surface area contributed by atoms with Crippen LogP contribution >= 0.6 is 0 Å². The molecule has 2 fully saturated rings. The van der Waals surface area contributed by atoms with Crippen LogP contribution in [0.15, 0.2) is 42.5 Å². The monoisotopic (exact) mass is 454 g/mol. The van der Waals surface area contributed by atoms with E-state index in [1.165, 1.54) is 20.3 Å². The zero-order valence-corrected chi connectivity index (χ0v) is 18.6. The first-order valence-electron chi connectivity index (χ1n) is 10.7. The number of benzene rings is 2. The minimum absolute atomic E-state index is 0.145. The van der Waals surface area contributed by atoms with Crippen LogP contribution in [-0.4, -0.2) is 47.8 Å². The molecule has 9 nitrogen and oxygen atoms in total. The van der Waals surface area contributed by atoms with Gasteiger partial charge in [-0.1, -0.05) is 19.4 Å². The second-order valence-corrected chi connectivity index (χ2v) is 8.29. The van der Waals surface area contributed by atoms with Crippen LogP contribution in [0.25, 0.3) is 0 Å². The standard InChI is InChI=1S/C24H26N2O7/c1-4-11-24(23(30)31)19-18(20(25-24)16-10-9-15(33-3)12-17(16)27)21(28)26(22(19)29)13-5-7-14(32-2)8-6-13/h5-10,12,18-20,25,27H,4,11H2,1-3H3,(H,30,31)/t18-,19-,20-,24+/m0/s1. The van der Waals surface area contributed by atoms with Gasteiger partial charge in [-0.2, -0.15) is 0 Å². The Bertz CT molecular complexity index is 1100. The number of rotatable bonds is 7. The molecule has 4 atom stereocenters. The molecule has 0 unspecified atom stereocenters. The number of ether oxygens (including phenoxy) is 2. The molecule has 0 saturated carbocycles. The van der Waals surface area contributed by atoms with Crippen molar-refractivity contribution in [2.75, 3.05) is 19.1 Å². The third-order valence-electron chi connectivity index (χ3n) is 6.58. The first-order chi connectivity index (χ1) is 15.8. The average molecular weight is 454 g/mol. The molecule has 0 bridgehead atoms. The van der Waals surface area contributed by atoms with E-state index in [0.29, 0.717) is 29.2 Å². The highest BCUT2D eigenvalue weighted by atomic mass is 16.5. The molecule has 174 valence electrons. The lowest BCUT2D eigenvalue weighted by molar-refractivity contribution is -0.149. The van der Waals surface area contributed by atoms with Crippen LogP contribution in [0, 0.1) is 11.8 Å². The van der Waals surface area contributed by atoms with Gasteiger partial charge < -0.3 is 19.7 Å². The summed E-state index contributed by atoms with van der Waals surface area (Å²) in [6, 6.07) is 10.2. The fourth-order valence-corrected chi connectivity index (χ4v) is 5.10. The highest BCUT2D eigenvalue weighted by Gasteiger charge is 2.68. The number of carboxylic acids is 1. The number of hydrogen-bond acceptors (Lipinski definition) is 7. The number of aromatic hydroxyl groups is 1. The van der Waals surface area contributed by atoms with Crippen LogP contribution in [0.3, 0.4) is 0 Å². The number of methoxy groups -OCH3 is 2. The Balaban J connectivity index is 1.84. The Hall–Kier alpha value is -3.59. The van der Waals surface area contributed by atoms with Crippen molar-refractivity contribution >= 4 is 23.5 Å². The van der Waals surface area contributed by atoms with Crippen LogP contribution in [0.2, 0.25) is 0 Å². The molecule has 2 heterocycles. The number of fused-ring (bicyclic) bond motifs is 1. The number of carbonyl (C=O) groups is 3. The molecule has 2 saturated heterocycles. The number of carbonyl (C=O) groups excluding carboxylic acids is 2. The number of carboxylic acid groups (broad SMARTS) is 1. The number of imide groups is 1. The molecule has 2 amide bonds. The Morgan fingerprint density at radius 3 is 2.24 bits per heavy atom. The number of phenols is 1. The van der Waals surface area contributed by atoms with Gasteiger partial charge in [-0.05, 0) is 36.8 Å². The summed E-state index contributed by atoms with van der Waals surface area (Å²) in [6.07, 6.45) is 0.625. The van der Waals surface area contributed by atoms with E-state index in [-0.39, 0.29) is 12.2 Å².